The van der Waals surface area contributed by atoms with Crippen molar-refractivity contribution in [2.24, 2.45) is 5.92 Å². The average Bonchev–Trinajstić information content (AvgIpc) is 2.98. The number of carbonyl (C=O) groups is 1. The molecule has 1 fully saturated rings. The van der Waals surface area contributed by atoms with Gasteiger partial charge in [0.25, 0.3) is 5.91 Å². The highest BCUT2D eigenvalue weighted by Crippen LogP contribution is 2.32. The third-order valence-electron chi connectivity index (χ3n) is 5.33. The maximum absolute atomic E-state index is 12.8. The molecule has 0 unspecified atom stereocenters. The van der Waals surface area contributed by atoms with Crippen molar-refractivity contribution in [3.63, 3.8) is 0 Å². The van der Waals surface area contributed by atoms with Gasteiger partial charge in [-0.15, -0.1) is 0 Å². The molecule has 0 aliphatic heterocycles. The Morgan fingerprint density at radius 2 is 2.26 bits per heavy atom. The fourth-order valence-electron chi connectivity index (χ4n) is 4.04. The monoisotopic (exact) mass is 398 g/mol. The lowest BCUT2D eigenvalue weighted by molar-refractivity contribution is -0.0109. The molecule has 2 N–H and O–H groups in total. The molecule has 0 radical (unpaired) electrons. The molecule has 1 aliphatic rings. The van der Waals surface area contributed by atoms with Gasteiger partial charge in [-0.3, -0.25) is 4.79 Å². The van der Waals surface area contributed by atoms with Crippen LogP contribution in [-0.2, 0) is 6.54 Å². The first kappa shape index (κ1) is 20.1. The van der Waals surface area contributed by atoms with E-state index in [2.05, 4.69) is 12.2 Å². The highest BCUT2D eigenvalue weighted by Gasteiger charge is 2.33. The number of aryl methyl sites for hydroxylation is 1. The normalized spacial score (nSPS) is 23.1. The maximum Gasteiger partial charge on any atom is 0.253 e. The lowest BCUT2D eigenvalue weighted by atomic mass is 9.79. The fraction of sp³-hybridized carbons (Fsp3) is 0.550. The highest BCUT2D eigenvalue weighted by atomic mass is 35.5. The molecule has 1 aromatic heterocycles. The van der Waals surface area contributed by atoms with Crippen molar-refractivity contribution in [2.45, 2.75) is 57.6 Å². The van der Waals surface area contributed by atoms with Crippen LogP contribution in [0.15, 0.2) is 24.4 Å². The molecule has 1 heterocycles. The van der Waals surface area contributed by atoms with Crippen molar-refractivity contribution in [3.05, 3.63) is 35.0 Å². The minimum Gasteiger partial charge on any atom is -0.388 e. The van der Waals surface area contributed by atoms with E-state index in [1.54, 1.807) is 29.0 Å². The van der Waals surface area contributed by atoms with Crippen LogP contribution in [0.3, 0.4) is 0 Å². The van der Waals surface area contributed by atoms with Crippen molar-refractivity contribution in [2.75, 3.05) is 6.54 Å². The molecule has 1 aromatic carbocycles. The largest absolute Gasteiger partial charge is 0.388 e. The van der Waals surface area contributed by atoms with E-state index in [1.165, 1.54) is 0 Å². The zero-order valence-electron chi connectivity index (χ0n) is 15.4. The third-order valence-corrected chi connectivity index (χ3v) is 5.65. The van der Waals surface area contributed by atoms with Gasteiger partial charge in [0.2, 0.25) is 6.43 Å². The van der Waals surface area contributed by atoms with E-state index in [0.29, 0.717) is 40.2 Å². The van der Waals surface area contributed by atoms with Crippen molar-refractivity contribution in [3.8, 4) is 0 Å². The number of aromatic nitrogens is 1. The number of hydrogen-bond acceptors (Lipinski definition) is 2. The number of benzene rings is 1. The quantitative estimate of drug-likeness (QED) is 0.745. The molecular formula is C20H25ClF2N2O2. The predicted octanol–water partition coefficient (Wildman–Crippen LogP) is 4.62. The van der Waals surface area contributed by atoms with Gasteiger partial charge in [0.1, 0.15) is 0 Å². The number of nitrogens with zero attached hydrogens (tertiary/aromatic N) is 1. The Kier molecular flexibility index (Phi) is 6.06. The number of rotatable bonds is 6. The van der Waals surface area contributed by atoms with Crippen LogP contribution >= 0.6 is 11.6 Å². The summed E-state index contributed by atoms with van der Waals surface area (Å²) >= 11 is 6.29. The lowest BCUT2D eigenvalue weighted by Gasteiger charge is -2.35. The minimum absolute atomic E-state index is 0.100. The van der Waals surface area contributed by atoms with E-state index in [-0.39, 0.29) is 25.4 Å². The van der Waals surface area contributed by atoms with E-state index < -0.39 is 12.0 Å². The molecule has 27 heavy (non-hydrogen) atoms. The van der Waals surface area contributed by atoms with Crippen molar-refractivity contribution >= 4 is 28.4 Å². The smallest absolute Gasteiger partial charge is 0.253 e. The molecule has 7 heteroatoms. The van der Waals surface area contributed by atoms with Crippen molar-refractivity contribution in [1.29, 1.82) is 0 Å². The lowest BCUT2D eigenvalue weighted by Crippen LogP contribution is -2.45. The summed E-state index contributed by atoms with van der Waals surface area (Å²) < 4.78 is 26.9. The van der Waals surface area contributed by atoms with Gasteiger partial charge in [0.05, 0.1) is 21.7 Å². The van der Waals surface area contributed by atoms with Crippen molar-refractivity contribution < 1.29 is 18.7 Å². The van der Waals surface area contributed by atoms with Gasteiger partial charge in [-0.05, 0) is 30.9 Å². The maximum atomic E-state index is 12.8. The first-order chi connectivity index (χ1) is 12.8. The Morgan fingerprint density at radius 3 is 2.96 bits per heavy atom. The van der Waals surface area contributed by atoms with E-state index in [9.17, 15) is 18.7 Å². The average molecular weight is 399 g/mol. The summed E-state index contributed by atoms with van der Waals surface area (Å²) in [7, 11) is 0. The minimum atomic E-state index is -2.42. The molecule has 0 spiro atoms. The molecule has 1 amide bonds. The molecule has 0 bridgehead atoms. The molecule has 0 saturated heterocycles. The highest BCUT2D eigenvalue weighted by molar-refractivity contribution is 6.36. The van der Waals surface area contributed by atoms with Crippen LogP contribution < -0.4 is 5.32 Å². The molecule has 148 valence electrons. The van der Waals surface area contributed by atoms with Crippen LogP contribution in [0.2, 0.25) is 5.02 Å². The Morgan fingerprint density at radius 1 is 1.48 bits per heavy atom. The summed E-state index contributed by atoms with van der Waals surface area (Å²) in [4.78, 5) is 12.8. The number of nitrogens with one attached hydrogen (secondary N) is 1. The first-order valence-corrected chi connectivity index (χ1v) is 9.73. The van der Waals surface area contributed by atoms with Gasteiger partial charge in [-0.25, -0.2) is 8.78 Å². The Balaban J connectivity index is 1.81. The predicted molar refractivity (Wildman–Crippen MR) is 102 cm³/mol. The fourth-order valence-corrected chi connectivity index (χ4v) is 4.31. The zero-order chi connectivity index (χ0) is 19.6. The van der Waals surface area contributed by atoms with Crippen LogP contribution in [0.5, 0.6) is 0 Å². The Labute approximate surface area is 162 Å². The summed E-state index contributed by atoms with van der Waals surface area (Å²) in [5.74, 6) is 0.0712. The standard InChI is InChI=1S/C20H25ClF2N2O2/c1-13-4-3-8-20(27,10-13)12-24-19(26)14-11-25(9-7-17(22)23)16-6-2-5-15(21)18(14)16/h2,5-6,11,13,17,27H,3-4,7-10,12H2,1H3,(H,24,26)/t13-,20-/m0/s1. The summed E-state index contributed by atoms with van der Waals surface area (Å²) in [6.07, 6.45) is 2.20. The van der Waals surface area contributed by atoms with Crippen LogP contribution in [0.1, 0.15) is 49.4 Å². The van der Waals surface area contributed by atoms with Crippen LogP contribution in [-0.4, -0.2) is 34.2 Å². The molecule has 2 aromatic rings. The second kappa shape index (κ2) is 8.15. The van der Waals surface area contributed by atoms with Gasteiger partial charge in [-0.2, -0.15) is 0 Å². The number of halogens is 3. The summed E-state index contributed by atoms with van der Waals surface area (Å²) in [6.45, 7) is 2.37. The number of aliphatic hydroxyl groups is 1. The second-order valence-electron chi connectivity index (χ2n) is 7.66. The summed E-state index contributed by atoms with van der Waals surface area (Å²) in [5, 5.41) is 14.5. The number of amides is 1. The van der Waals surface area contributed by atoms with Gasteiger partial charge in [-0.1, -0.05) is 37.4 Å². The van der Waals surface area contributed by atoms with Crippen LogP contribution in [0, 0.1) is 5.92 Å². The zero-order valence-corrected chi connectivity index (χ0v) is 16.1. The van der Waals surface area contributed by atoms with E-state index in [0.717, 1.165) is 12.8 Å². The molecule has 3 rings (SSSR count). The third kappa shape index (κ3) is 4.61. The second-order valence-corrected chi connectivity index (χ2v) is 8.07. The molecule has 4 nitrogen and oxygen atoms in total. The molecule has 1 aliphatic carbocycles. The van der Waals surface area contributed by atoms with Gasteiger partial charge in [0.15, 0.2) is 0 Å². The molecular weight excluding hydrogens is 374 g/mol. The van der Waals surface area contributed by atoms with Gasteiger partial charge >= 0.3 is 0 Å². The Hall–Kier alpha value is -1.66. The number of alkyl halides is 2. The van der Waals surface area contributed by atoms with E-state index in [1.807, 2.05) is 0 Å². The van der Waals surface area contributed by atoms with Crippen molar-refractivity contribution in [1.82, 2.24) is 9.88 Å². The summed E-state index contributed by atoms with van der Waals surface area (Å²) in [5.41, 5.74) is 0.0983. The SMILES string of the molecule is C[C@H]1CCC[C@@](O)(CNC(=O)c2cn(CCC(F)F)c3cccc(Cl)c23)C1. The van der Waals surface area contributed by atoms with Crippen LogP contribution in [0.4, 0.5) is 8.78 Å². The van der Waals surface area contributed by atoms with E-state index in [4.69, 9.17) is 11.6 Å². The first-order valence-electron chi connectivity index (χ1n) is 9.35. The molecule has 1 saturated carbocycles. The van der Waals surface area contributed by atoms with Gasteiger partial charge in [0, 0.05) is 31.1 Å². The topological polar surface area (TPSA) is 54.3 Å². The molecule has 2 atom stereocenters. The number of hydrogen-bond donors (Lipinski definition) is 2. The van der Waals surface area contributed by atoms with Crippen LogP contribution in [0.25, 0.3) is 10.9 Å². The van der Waals surface area contributed by atoms with E-state index >= 15 is 0 Å². The number of fused-ring (bicyclic) bond motifs is 1. The summed E-state index contributed by atoms with van der Waals surface area (Å²) in [6, 6.07) is 5.17. The Bertz CT molecular complexity index is 824. The van der Waals surface area contributed by atoms with Gasteiger partial charge < -0.3 is 15.0 Å². The number of carbonyl (C=O) groups excluding carboxylic acids is 1.